The van der Waals surface area contributed by atoms with Crippen molar-refractivity contribution in [3.8, 4) is 11.4 Å². The second-order valence-corrected chi connectivity index (χ2v) is 6.55. The summed E-state index contributed by atoms with van der Waals surface area (Å²) in [4.78, 5) is 6.76. The van der Waals surface area contributed by atoms with Gasteiger partial charge in [-0.3, -0.25) is 4.90 Å². The zero-order chi connectivity index (χ0) is 16.7. The van der Waals surface area contributed by atoms with Gasteiger partial charge in [-0.05, 0) is 54.8 Å². The number of rotatable bonds is 3. The third kappa shape index (κ3) is 2.69. The molecule has 0 saturated heterocycles. The van der Waals surface area contributed by atoms with Crippen LogP contribution in [0.4, 0.5) is 0 Å². The van der Waals surface area contributed by atoms with E-state index >= 15 is 0 Å². The van der Waals surface area contributed by atoms with Crippen molar-refractivity contribution >= 4 is 0 Å². The Bertz CT molecular complexity index is 880. The van der Waals surface area contributed by atoms with Gasteiger partial charge < -0.3 is 9.67 Å². The van der Waals surface area contributed by atoms with Gasteiger partial charge in [-0.25, -0.2) is 4.98 Å². The summed E-state index contributed by atoms with van der Waals surface area (Å²) in [6, 6.07) is 14.3. The summed E-state index contributed by atoms with van der Waals surface area (Å²) in [6.45, 7) is 6.87. The fraction of sp³-hybridized carbons (Fsp3) is 0.250. The first kappa shape index (κ1) is 15.0. The number of hydrogen-bond acceptors (Lipinski definition) is 3. The number of nitrogens with zero attached hydrogens (tertiary/aromatic N) is 3. The predicted octanol–water partition coefficient (Wildman–Crippen LogP) is 3.71. The molecule has 4 heteroatoms. The Morgan fingerprint density at radius 1 is 1.00 bits per heavy atom. The lowest BCUT2D eigenvalue weighted by molar-refractivity contribution is 0.275. The van der Waals surface area contributed by atoms with Crippen molar-refractivity contribution < 1.29 is 5.11 Å². The second-order valence-electron chi connectivity index (χ2n) is 6.55. The van der Waals surface area contributed by atoms with Gasteiger partial charge in [0.15, 0.2) is 0 Å². The van der Waals surface area contributed by atoms with E-state index in [2.05, 4.69) is 45.6 Å². The summed E-state index contributed by atoms with van der Waals surface area (Å²) in [7, 11) is 0. The molecule has 4 rings (SSSR count). The van der Waals surface area contributed by atoms with E-state index in [1.165, 1.54) is 22.4 Å². The van der Waals surface area contributed by atoms with Gasteiger partial charge in [-0.2, -0.15) is 0 Å². The van der Waals surface area contributed by atoms with E-state index in [0.29, 0.717) is 5.75 Å². The van der Waals surface area contributed by atoms with E-state index in [1.807, 2.05) is 25.4 Å². The molecular weight excluding hydrogens is 298 g/mol. The maximum Gasteiger partial charge on any atom is 0.115 e. The van der Waals surface area contributed by atoms with Gasteiger partial charge in [0.1, 0.15) is 5.75 Å². The minimum atomic E-state index is 0.353. The molecule has 3 aromatic rings. The third-order valence-corrected chi connectivity index (χ3v) is 4.85. The summed E-state index contributed by atoms with van der Waals surface area (Å²) >= 11 is 0. The highest BCUT2D eigenvalue weighted by molar-refractivity contribution is 5.39. The van der Waals surface area contributed by atoms with Crippen LogP contribution in [0.3, 0.4) is 0 Å². The lowest BCUT2D eigenvalue weighted by Gasteiger charge is -2.15. The van der Waals surface area contributed by atoms with Crippen molar-refractivity contribution in [2.45, 2.75) is 33.5 Å². The molecule has 0 atom stereocenters. The Hall–Kier alpha value is -2.59. The van der Waals surface area contributed by atoms with Gasteiger partial charge in [-0.1, -0.05) is 18.2 Å². The Morgan fingerprint density at radius 2 is 1.75 bits per heavy atom. The van der Waals surface area contributed by atoms with Gasteiger partial charge in [0.25, 0.3) is 0 Å². The summed E-state index contributed by atoms with van der Waals surface area (Å²) in [5.74, 6) is 0.353. The molecule has 0 saturated carbocycles. The van der Waals surface area contributed by atoms with E-state index in [1.54, 1.807) is 6.07 Å². The van der Waals surface area contributed by atoms with E-state index in [0.717, 1.165) is 31.0 Å². The number of phenols is 1. The van der Waals surface area contributed by atoms with Crippen LogP contribution in [0.5, 0.6) is 5.75 Å². The Morgan fingerprint density at radius 3 is 2.46 bits per heavy atom. The van der Waals surface area contributed by atoms with Crippen LogP contribution in [0.15, 0.2) is 48.8 Å². The van der Waals surface area contributed by atoms with Crippen molar-refractivity contribution in [1.29, 1.82) is 0 Å². The van der Waals surface area contributed by atoms with Crippen molar-refractivity contribution in [1.82, 2.24) is 14.5 Å². The Kier molecular flexibility index (Phi) is 3.62. The Labute approximate surface area is 142 Å². The molecule has 0 spiro atoms. The highest BCUT2D eigenvalue weighted by Crippen LogP contribution is 2.27. The molecule has 1 aliphatic heterocycles. The number of hydrogen-bond donors (Lipinski definition) is 1. The molecule has 122 valence electrons. The number of aromatic nitrogens is 2. The van der Waals surface area contributed by atoms with E-state index in [9.17, 15) is 5.11 Å². The minimum Gasteiger partial charge on any atom is -0.508 e. The Balaban J connectivity index is 1.48. The van der Waals surface area contributed by atoms with Crippen LogP contribution in [-0.2, 0) is 19.6 Å². The van der Waals surface area contributed by atoms with Gasteiger partial charge in [0.05, 0.1) is 12.0 Å². The largest absolute Gasteiger partial charge is 0.508 e. The first-order chi connectivity index (χ1) is 11.6. The number of aromatic hydroxyl groups is 1. The van der Waals surface area contributed by atoms with E-state index < -0.39 is 0 Å². The number of phenolic OH excluding ortho intramolecular Hbond substituents is 1. The van der Waals surface area contributed by atoms with Crippen LogP contribution in [0.1, 0.15) is 28.1 Å². The molecule has 0 bridgehead atoms. The normalized spacial score (nSPS) is 14.1. The topological polar surface area (TPSA) is 41.3 Å². The van der Waals surface area contributed by atoms with Crippen molar-refractivity contribution in [3.63, 3.8) is 0 Å². The lowest BCUT2D eigenvalue weighted by atomic mass is 10.1. The zero-order valence-electron chi connectivity index (χ0n) is 14.0. The lowest BCUT2D eigenvalue weighted by Crippen LogP contribution is -2.15. The standard InChI is InChI=1S/C20H21N3O/c1-14-15(2)23(13-21-14)19-6-3-16(4-7-19)10-22-11-17-5-8-20(24)9-18(17)12-22/h3-9,13,24H,10-12H2,1-2H3. The predicted molar refractivity (Wildman–Crippen MR) is 94.1 cm³/mol. The smallest absolute Gasteiger partial charge is 0.115 e. The molecule has 1 aliphatic rings. The van der Waals surface area contributed by atoms with Crippen LogP contribution in [0.25, 0.3) is 5.69 Å². The van der Waals surface area contributed by atoms with Gasteiger partial charge in [0.2, 0.25) is 0 Å². The highest BCUT2D eigenvalue weighted by atomic mass is 16.3. The monoisotopic (exact) mass is 319 g/mol. The summed E-state index contributed by atoms with van der Waals surface area (Å²) < 4.78 is 2.12. The van der Waals surface area contributed by atoms with Gasteiger partial charge in [0, 0.05) is 31.0 Å². The summed E-state index contributed by atoms with van der Waals surface area (Å²) in [5, 5.41) is 9.61. The van der Waals surface area contributed by atoms with Gasteiger partial charge >= 0.3 is 0 Å². The first-order valence-electron chi connectivity index (χ1n) is 8.23. The van der Waals surface area contributed by atoms with Crippen LogP contribution < -0.4 is 0 Å². The molecule has 24 heavy (non-hydrogen) atoms. The van der Waals surface area contributed by atoms with Crippen LogP contribution in [-0.4, -0.2) is 19.6 Å². The zero-order valence-corrected chi connectivity index (χ0v) is 14.0. The molecule has 1 N–H and O–H groups in total. The molecular formula is C20H21N3O. The number of aryl methyl sites for hydroxylation is 1. The SMILES string of the molecule is Cc1ncn(-c2ccc(CN3Cc4ccc(O)cc4C3)cc2)c1C. The molecule has 2 aromatic carbocycles. The van der Waals surface area contributed by atoms with E-state index in [-0.39, 0.29) is 0 Å². The van der Waals surface area contributed by atoms with Crippen LogP contribution >= 0.6 is 0 Å². The molecule has 2 heterocycles. The molecule has 0 unspecified atom stereocenters. The van der Waals surface area contributed by atoms with Crippen molar-refractivity contribution in [3.05, 3.63) is 76.9 Å². The maximum absolute atomic E-state index is 9.61. The second kappa shape index (κ2) is 5.80. The van der Waals surface area contributed by atoms with Crippen LogP contribution in [0, 0.1) is 13.8 Å². The number of fused-ring (bicyclic) bond motifs is 1. The third-order valence-electron chi connectivity index (χ3n) is 4.85. The molecule has 4 nitrogen and oxygen atoms in total. The average molecular weight is 319 g/mol. The molecule has 0 aliphatic carbocycles. The van der Waals surface area contributed by atoms with Crippen LogP contribution in [0.2, 0.25) is 0 Å². The molecule has 0 amide bonds. The fourth-order valence-corrected chi connectivity index (χ4v) is 3.34. The quantitative estimate of drug-likeness (QED) is 0.800. The summed E-state index contributed by atoms with van der Waals surface area (Å²) in [5.41, 5.74) is 7.23. The highest BCUT2D eigenvalue weighted by Gasteiger charge is 2.19. The number of imidazole rings is 1. The molecule has 0 radical (unpaired) electrons. The molecule has 1 aromatic heterocycles. The van der Waals surface area contributed by atoms with Crippen molar-refractivity contribution in [2.75, 3.05) is 0 Å². The minimum absolute atomic E-state index is 0.353. The van der Waals surface area contributed by atoms with Gasteiger partial charge in [-0.15, -0.1) is 0 Å². The average Bonchev–Trinajstić information content (AvgIpc) is 3.11. The maximum atomic E-state index is 9.61. The molecule has 0 fully saturated rings. The summed E-state index contributed by atoms with van der Waals surface area (Å²) in [6.07, 6.45) is 1.88. The van der Waals surface area contributed by atoms with E-state index in [4.69, 9.17) is 0 Å². The fourth-order valence-electron chi connectivity index (χ4n) is 3.34. The number of benzene rings is 2. The first-order valence-corrected chi connectivity index (χ1v) is 8.23. The van der Waals surface area contributed by atoms with Crippen molar-refractivity contribution in [2.24, 2.45) is 0 Å².